The highest BCUT2D eigenvalue weighted by molar-refractivity contribution is 6.30. The van der Waals surface area contributed by atoms with Crippen molar-refractivity contribution >= 4 is 17.5 Å². The van der Waals surface area contributed by atoms with Gasteiger partial charge in [0.05, 0.1) is 12.6 Å². The van der Waals surface area contributed by atoms with Crippen molar-refractivity contribution < 1.29 is 18.7 Å². The van der Waals surface area contributed by atoms with E-state index in [4.69, 9.17) is 25.5 Å². The summed E-state index contributed by atoms with van der Waals surface area (Å²) in [5, 5.41) is 11.7. The summed E-state index contributed by atoms with van der Waals surface area (Å²) in [7, 11) is 0. The first-order valence-electron chi connectivity index (χ1n) is 9.25. The van der Waals surface area contributed by atoms with Gasteiger partial charge in [-0.1, -0.05) is 24.9 Å². The third kappa shape index (κ3) is 5.94. The van der Waals surface area contributed by atoms with Gasteiger partial charge in [-0.25, -0.2) is 0 Å². The Morgan fingerprint density at radius 3 is 2.81 bits per heavy atom. The predicted molar refractivity (Wildman–Crippen MR) is 99.7 cm³/mol. The summed E-state index contributed by atoms with van der Waals surface area (Å²) in [5.74, 6) is 1.60. The van der Waals surface area contributed by atoms with Gasteiger partial charge in [-0.15, -0.1) is 10.2 Å². The quantitative estimate of drug-likeness (QED) is 0.738. The Bertz CT molecular complexity index is 727. The highest BCUT2D eigenvalue weighted by Crippen LogP contribution is 2.27. The van der Waals surface area contributed by atoms with Crippen molar-refractivity contribution in [3.8, 4) is 5.75 Å². The third-order valence-corrected chi connectivity index (χ3v) is 4.58. The highest BCUT2D eigenvalue weighted by Gasteiger charge is 2.27. The molecule has 146 valence electrons. The number of ether oxygens (including phenoxy) is 2. The van der Waals surface area contributed by atoms with Crippen molar-refractivity contribution in [1.29, 1.82) is 0 Å². The second-order valence-electron chi connectivity index (χ2n) is 6.54. The van der Waals surface area contributed by atoms with Gasteiger partial charge >= 0.3 is 0 Å². The number of halogens is 1. The van der Waals surface area contributed by atoms with Crippen LogP contribution in [0.5, 0.6) is 5.75 Å². The standard InChI is InChI=1S/C19H24ClN3O4/c1-2-3-4-18-22-23-19(27-18)16-10-7-14(11-26-16)21-17(24)12-25-15-8-5-13(20)6-9-15/h5-6,8-9,14,16H,2-4,7,10-12H2,1H3,(H,21,24)/t14-,16+/m0/s1. The molecule has 1 N–H and O–H groups in total. The molecule has 0 aliphatic carbocycles. The van der Waals surface area contributed by atoms with Crippen LogP contribution in [-0.2, 0) is 16.0 Å². The maximum Gasteiger partial charge on any atom is 0.258 e. The lowest BCUT2D eigenvalue weighted by Gasteiger charge is -2.27. The van der Waals surface area contributed by atoms with E-state index in [1.807, 2.05) is 0 Å². The monoisotopic (exact) mass is 393 g/mol. The van der Waals surface area contributed by atoms with Crippen LogP contribution in [0.4, 0.5) is 0 Å². The van der Waals surface area contributed by atoms with Crippen LogP contribution >= 0.6 is 11.6 Å². The summed E-state index contributed by atoms with van der Waals surface area (Å²) in [6.45, 7) is 2.48. The Morgan fingerprint density at radius 2 is 2.11 bits per heavy atom. The topological polar surface area (TPSA) is 86.5 Å². The molecule has 0 spiro atoms. The van der Waals surface area contributed by atoms with Crippen LogP contribution < -0.4 is 10.1 Å². The number of benzene rings is 1. The van der Waals surface area contributed by atoms with Gasteiger partial charge in [0.1, 0.15) is 11.9 Å². The number of aromatic nitrogens is 2. The van der Waals surface area contributed by atoms with Crippen LogP contribution in [0.1, 0.15) is 50.5 Å². The van der Waals surface area contributed by atoms with Crippen LogP contribution in [0, 0.1) is 0 Å². The van der Waals surface area contributed by atoms with Crippen molar-refractivity contribution in [1.82, 2.24) is 15.5 Å². The zero-order chi connectivity index (χ0) is 19.1. The molecular weight excluding hydrogens is 370 g/mol. The summed E-state index contributed by atoms with van der Waals surface area (Å²) in [6, 6.07) is 6.83. The lowest BCUT2D eigenvalue weighted by molar-refractivity contribution is -0.125. The smallest absolute Gasteiger partial charge is 0.258 e. The highest BCUT2D eigenvalue weighted by atomic mass is 35.5. The number of carbonyl (C=O) groups is 1. The lowest BCUT2D eigenvalue weighted by atomic mass is 10.0. The normalized spacial score (nSPS) is 19.6. The fraction of sp³-hybridized carbons (Fsp3) is 0.526. The van der Waals surface area contributed by atoms with E-state index in [0.717, 1.165) is 32.1 Å². The Balaban J connectivity index is 1.39. The first-order valence-corrected chi connectivity index (χ1v) is 9.63. The van der Waals surface area contributed by atoms with Crippen molar-refractivity contribution in [3.63, 3.8) is 0 Å². The maximum atomic E-state index is 12.0. The lowest BCUT2D eigenvalue weighted by Crippen LogP contribution is -2.43. The number of aryl methyl sites for hydroxylation is 1. The number of nitrogens with zero attached hydrogens (tertiary/aromatic N) is 2. The number of amides is 1. The van der Waals surface area contributed by atoms with E-state index >= 15 is 0 Å². The van der Waals surface area contributed by atoms with Crippen LogP contribution in [0.15, 0.2) is 28.7 Å². The zero-order valence-corrected chi connectivity index (χ0v) is 16.1. The van der Waals surface area contributed by atoms with Gasteiger partial charge in [0.2, 0.25) is 11.8 Å². The predicted octanol–water partition coefficient (Wildman–Crippen LogP) is 3.48. The molecule has 3 rings (SSSR count). The third-order valence-electron chi connectivity index (χ3n) is 4.33. The molecule has 2 aromatic rings. The molecule has 1 saturated heterocycles. The molecule has 2 heterocycles. The molecule has 0 saturated carbocycles. The number of hydrogen-bond donors (Lipinski definition) is 1. The summed E-state index contributed by atoms with van der Waals surface area (Å²) in [4.78, 5) is 12.0. The first kappa shape index (κ1) is 19.6. The molecule has 1 amide bonds. The number of carbonyl (C=O) groups excluding carboxylic acids is 1. The Morgan fingerprint density at radius 1 is 1.30 bits per heavy atom. The van der Waals surface area contributed by atoms with Crippen LogP contribution in [0.25, 0.3) is 0 Å². The molecule has 1 fully saturated rings. The Hall–Kier alpha value is -2.12. The second kappa shape index (κ2) is 9.71. The van der Waals surface area contributed by atoms with E-state index in [9.17, 15) is 4.79 Å². The molecular formula is C19H24ClN3O4. The van der Waals surface area contributed by atoms with Crippen molar-refractivity contribution in [3.05, 3.63) is 41.1 Å². The van der Waals surface area contributed by atoms with Crippen molar-refractivity contribution in [2.75, 3.05) is 13.2 Å². The summed E-state index contributed by atoms with van der Waals surface area (Å²) in [5.41, 5.74) is 0. The average Bonchev–Trinajstić information content (AvgIpc) is 3.15. The van der Waals surface area contributed by atoms with E-state index in [0.29, 0.717) is 29.2 Å². The second-order valence-corrected chi connectivity index (χ2v) is 6.98. The van der Waals surface area contributed by atoms with Gasteiger partial charge in [0, 0.05) is 11.4 Å². The molecule has 0 unspecified atom stereocenters. The van der Waals surface area contributed by atoms with Crippen molar-refractivity contribution in [2.24, 2.45) is 0 Å². The molecule has 0 radical (unpaired) electrons. The van der Waals surface area contributed by atoms with E-state index in [1.54, 1.807) is 24.3 Å². The van der Waals surface area contributed by atoms with Gasteiger partial charge in [-0.3, -0.25) is 4.79 Å². The molecule has 0 bridgehead atoms. The minimum atomic E-state index is -0.202. The molecule has 1 aliphatic heterocycles. The summed E-state index contributed by atoms with van der Waals surface area (Å²) >= 11 is 5.82. The molecule has 1 aromatic carbocycles. The molecule has 7 nitrogen and oxygen atoms in total. The minimum absolute atomic E-state index is 0.0496. The molecule has 8 heteroatoms. The molecule has 27 heavy (non-hydrogen) atoms. The van der Waals surface area contributed by atoms with E-state index in [1.165, 1.54) is 0 Å². The first-order chi connectivity index (χ1) is 13.1. The van der Waals surface area contributed by atoms with Crippen molar-refractivity contribution in [2.45, 2.75) is 51.2 Å². The number of nitrogens with one attached hydrogen (secondary N) is 1. The van der Waals surface area contributed by atoms with E-state index in [-0.39, 0.29) is 24.7 Å². The van der Waals surface area contributed by atoms with Gasteiger partial charge in [0.25, 0.3) is 5.91 Å². The van der Waals surface area contributed by atoms with E-state index < -0.39 is 0 Å². The molecule has 1 aromatic heterocycles. The van der Waals surface area contributed by atoms with Crippen LogP contribution in [-0.4, -0.2) is 35.4 Å². The van der Waals surface area contributed by atoms with Gasteiger partial charge in [0.15, 0.2) is 6.61 Å². The van der Waals surface area contributed by atoms with Crippen LogP contribution in [0.3, 0.4) is 0 Å². The average molecular weight is 394 g/mol. The Labute approximate surface area is 163 Å². The maximum absolute atomic E-state index is 12.0. The summed E-state index contributed by atoms with van der Waals surface area (Å²) < 4.78 is 16.9. The van der Waals surface area contributed by atoms with E-state index in [2.05, 4.69) is 22.4 Å². The minimum Gasteiger partial charge on any atom is -0.484 e. The number of unbranched alkanes of at least 4 members (excludes halogenated alkanes) is 1. The summed E-state index contributed by atoms with van der Waals surface area (Å²) in [6.07, 6.45) is 4.21. The van der Waals surface area contributed by atoms with Gasteiger partial charge in [-0.05, 0) is 43.5 Å². The fourth-order valence-electron chi connectivity index (χ4n) is 2.83. The SMILES string of the molecule is CCCCc1nnc([C@H]2CC[C@H](NC(=O)COc3ccc(Cl)cc3)CO2)o1. The fourth-order valence-corrected chi connectivity index (χ4v) is 2.96. The largest absolute Gasteiger partial charge is 0.484 e. The van der Waals surface area contributed by atoms with Gasteiger partial charge in [-0.2, -0.15) is 0 Å². The number of rotatable bonds is 8. The number of hydrogen-bond acceptors (Lipinski definition) is 6. The zero-order valence-electron chi connectivity index (χ0n) is 15.3. The van der Waals surface area contributed by atoms with Gasteiger partial charge < -0.3 is 19.2 Å². The Kier molecular flexibility index (Phi) is 7.06. The van der Waals surface area contributed by atoms with Crippen LogP contribution in [0.2, 0.25) is 5.02 Å². The molecule has 2 atom stereocenters. The molecule has 1 aliphatic rings.